The molecule has 0 unspecified atom stereocenters. The maximum Gasteiger partial charge on any atom is 0.295 e. The van der Waals surface area contributed by atoms with Crippen molar-refractivity contribution in [3.8, 4) is 11.3 Å². The molecule has 2 N–H and O–H groups in total. The third kappa shape index (κ3) is 4.52. The lowest BCUT2D eigenvalue weighted by molar-refractivity contribution is 0.481. The highest BCUT2D eigenvalue weighted by Gasteiger charge is 2.16. The Hall–Kier alpha value is -2.72. The van der Waals surface area contributed by atoms with E-state index >= 15 is 0 Å². The van der Waals surface area contributed by atoms with Crippen LogP contribution in [0.15, 0.2) is 75.1 Å². The zero-order valence-electron chi connectivity index (χ0n) is 13.7. The number of rotatable bonds is 5. The summed E-state index contributed by atoms with van der Waals surface area (Å²) in [6, 6.07) is 13.1. The predicted molar refractivity (Wildman–Crippen MR) is 99.1 cm³/mol. The van der Waals surface area contributed by atoms with Crippen LogP contribution in [0.25, 0.3) is 23.5 Å². The quantitative estimate of drug-likeness (QED) is 0.490. The van der Waals surface area contributed by atoms with Crippen molar-refractivity contribution in [2.45, 2.75) is 9.79 Å². The lowest BCUT2D eigenvalue weighted by Crippen LogP contribution is -2.01. The molecule has 0 aliphatic rings. The molecule has 1 heterocycles. The summed E-state index contributed by atoms with van der Waals surface area (Å²) in [5.41, 5.74) is 1.30. The van der Waals surface area contributed by atoms with Crippen molar-refractivity contribution in [2.24, 2.45) is 0 Å². The van der Waals surface area contributed by atoms with Gasteiger partial charge in [0.15, 0.2) is 0 Å². The Bertz CT molecular complexity index is 1190. The molecule has 140 valence electrons. The van der Waals surface area contributed by atoms with Crippen LogP contribution in [0.5, 0.6) is 0 Å². The molecule has 0 fully saturated rings. The average Bonchev–Trinajstić information content (AvgIpc) is 3.13. The first-order chi connectivity index (χ1) is 12.6. The van der Waals surface area contributed by atoms with Crippen LogP contribution in [-0.4, -0.2) is 25.9 Å². The van der Waals surface area contributed by atoms with Gasteiger partial charge in [-0.05, 0) is 41.5 Å². The third-order valence-corrected chi connectivity index (χ3v) is 5.51. The molecule has 1 aromatic heterocycles. The highest BCUT2D eigenvalue weighted by Crippen LogP contribution is 2.27. The molecule has 0 aliphatic heterocycles. The first kappa shape index (κ1) is 19.1. The molecule has 0 atom stereocenters. The summed E-state index contributed by atoms with van der Waals surface area (Å²) in [4.78, 5) is -0.539. The van der Waals surface area contributed by atoms with Gasteiger partial charge in [-0.15, -0.1) is 0 Å². The van der Waals surface area contributed by atoms with Gasteiger partial charge in [-0.25, -0.2) is 0 Å². The van der Waals surface area contributed by atoms with Gasteiger partial charge in [-0.2, -0.15) is 16.8 Å². The van der Waals surface area contributed by atoms with Crippen molar-refractivity contribution in [3.63, 3.8) is 0 Å². The van der Waals surface area contributed by atoms with Crippen LogP contribution in [0.3, 0.4) is 0 Å². The Morgan fingerprint density at radius 3 is 2.07 bits per heavy atom. The molecule has 0 bridgehead atoms. The van der Waals surface area contributed by atoms with Gasteiger partial charge in [0.1, 0.15) is 10.7 Å². The summed E-state index contributed by atoms with van der Waals surface area (Å²) < 4.78 is 69.3. The second-order valence-electron chi connectivity index (χ2n) is 5.58. The minimum absolute atomic E-state index is 0.242. The van der Waals surface area contributed by atoms with Crippen molar-refractivity contribution in [1.82, 2.24) is 0 Å². The van der Waals surface area contributed by atoms with E-state index in [9.17, 15) is 21.4 Å². The van der Waals surface area contributed by atoms with Gasteiger partial charge in [-0.3, -0.25) is 9.11 Å². The van der Waals surface area contributed by atoms with Crippen molar-refractivity contribution >= 4 is 32.4 Å². The van der Waals surface area contributed by atoms with E-state index in [-0.39, 0.29) is 15.4 Å². The fraction of sp³-hybridized carbons (Fsp3) is 0. The van der Waals surface area contributed by atoms with Gasteiger partial charge in [-0.1, -0.05) is 36.4 Å². The Balaban J connectivity index is 1.98. The summed E-state index contributed by atoms with van der Waals surface area (Å²) >= 11 is 0. The van der Waals surface area contributed by atoms with Crippen LogP contribution >= 0.6 is 0 Å². The molecule has 0 aliphatic carbocycles. The molecule has 0 saturated heterocycles. The van der Waals surface area contributed by atoms with E-state index in [2.05, 4.69) is 0 Å². The zero-order chi connectivity index (χ0) is 19.7. The molecule has 3 rings (SSSR count). The van der Waals surface area contributed by atoms with Gasteiger partial charge in [0.05, 0.1) is 11.2 Å². The number of furan rings is 1. The highest BCUT2D eigenvalue weighted by atomic mass is 32.2. The number of benzene rings is 2. The summed E-state index contributed by atoms with van der Waals surface area (Å²) in [5, 5.41) is 0. The van der Waals surface area contributed by atoms with Gasteiger partial charge >= 0.3 is 0 Å². The van der Waals surface area contributed by atoms with E-state index in [0.717, 1.165) is 0 Å². The van der Waals surface area contributed by atoms with Crippen molar-refractivity contribution < 1.29 is 30.4 Å². The normalized spacial score (nSPS) is 12.5. The van der Waals surface area contributed by atoms with E-state index in [1.54, 1.807) is 24.3 Å². The molecule has 0 saturated carbocycles. The first-order valence-electron chi connectivity index (χ1n) is 7.56. The Morgan fingerprint density at radius 1 is 0.815 bits per heavy atom. The van der Waals surface area contributed by atoms with Gasteiger partial charge in [0.25, 0.3) is 20.2 Å². The molecular weight excluding hydrogens is 392 g/mol. The van der Waals surface area contributed by atoms with Crippen LogP contribution < -0.4 is 0 Å². The topological polar surface area (TPSA) is 122 Å². The summed E-state index contributed by atoms with van der Waals surface area (Å²) in [7, 11) is -8.77. The first-order valence-corrected chi connectivity index (χ1v) is 10.4. The molecule has 7 nitrogen and oxygen atoms in total. The maximum atomic E-state index is 11.7. The Morgan fingerprint density at radius 2 is 1.52 bits per heavy atom. The molecule has 3 aromatic rings. The maximum absolute atomic E-state index is 11.7. The second-order valence-corrected chi connectivity index (χ2v) is 8.39. The lowest BCUT2D eigenvalue weighted by atomic mass is 10.1. The van der Waals surface area contributed by atoms with E-state index in [1.165, 1.54) is 48.7 Å². The fourth-order valence-corrected chi connectivity index (χ4v) is 3.62. The average molecular weight is 406 g/mol. The zero-order valence-corrected chi connectivity index (χ0v) is 15.3. The summed E-state index contributed by atoms with van der Waals surface area (Å²) in [6.45, 7) is 0. The molecular formula is C18H14O7S2. The smallest absolute Gasteiger partial charge is 0.295 e. The predicted octanol–water partition coefficient (Wildman–Crippen LogP) is 3.61. The minimum atomic E-state index is -4.48. The molecule has 0 radical (unpaired) electrons. The highest BCUT2D eigenvalue weighted by molar-refractivity contribution is 7.86. The molecule has 9 heteroatoms. The van der Waals surface area contributed by atoms with Crippen molar-refractivity contribution in [2.75, 3.05) is 0 Å². The monoisotopic (exact) mass is 406 g/mol. The fourth-order valence-electron chi connectivity index (χ4n) is 2.43. The van der Waals surface area contributed by atoms with Crippen LogP contribution in [0.2, 0.25) is 0 Å². The summed E-state index contributed by atoms with van der Waals surface area (Å²) in [5.74, 6) is 0.455. The SMILES string of the molecule is O=S(=O)(O)c1ccc(C=Cc2ccc(-c3ccco3)cc2S(=O)(=O)O)cc1. The minimum Gasteiger partial charge on any atom is -0.464 e. The summed E-state index contributed by atoms with van der Waals surface area (Å²) in [6.07, 6.45) is 4.47. The van der Waals surface area contributed by atoms with Crippen molar-refractivity contribution in [1.29, 1.82) is 0 Å². The molecule has 0 spiro atoms. The third-order valence-electron chi connectivity index (χ3n) is 3.73. The van der Waals surface area contributed by atoms with E-state index < -0.39 is 20.2 Å². The van der Waals surface area contributed by atoms with Gasteiger partial charge < -0.3 is 4.42 Å². The van der Waals surface area contributed by atoms with Crippen LogP contribution in [0.4, 0.5) is 0 Å². The molecule has 27 heavy (non-hydrogen) atoms. The Labute approximate surface area is 156 Å². The molecule has 2 aromatic carbocycles. The largest absolute Gasteiger partial charge is 0.464 e. The standard InChI is InChI=1S/C18H14O7S2/c19-26(20,21)16-9-4-13(5-10-16)3-6-14-7-8-15(17-2-1-11-25-17)12-18(14)27(22,23)24/h1-12H,(H,19,20,21)(H,22,23,24). The number of hydrogen-bond donors (Lipinski definition) is 2. The van der Waals surface area contributed by atoms with Gasteiger partial charge in [0.2, 0.25) is 0 Å². The van der Waals surface area contributed by atoms with Crippen LogP contribution in [0.1, 0.15) is 11.1 Å². The lowest BCUT2D eigenvalue weighted by Gasteiger charge is -2.06. The van der Waals surface area contributed by atoms with E-state index in [1.807, 2.05) is 0 Å². The van der Waals surface area contributed by atoms with Gasteiger partial charge in [0, 0.05) is 5.56 Å². The van der Waals surface area contributed by atoms with Crippen molar-refractivity contribution in [3.05, 3.63) is 72.0 Å². The van der Waals surface area contributed by atoms with Crippen LogP contribution in [0, 0.1) is 0 Å². The van der Waals surface area contributed by atoms with E-state index in [0.29, 0.717) is 16.9 Å². The molecule has 0 amide bonds. The number of hydrogen-bond acceptors (Lipinski definition) is 5. The Kier molecular flexibility index (Phi) is 5.03. The second kappa shape index (κ2) is 7.12. The van der Waals surface area contributed by atoms with E-state index in [4.69, 9.17) is 8.97 Å². The van der Waals surface area contributed by atoms with Crippen LogP contribution in [-0.2, 0) is 20.2 Å².